The first kappa shape index (κ1) is 13.3. The molecule has 0 atom stereocenters. The quantitative estimate of drug-likeness (QED) is 0.491. The Hall–Kier alpha value is -1.14. The summed E-state index contributed by atoms with van der Waals surface area (Å²) < 4.78 is 13.5. The average molecular weight is 376 g/mol. The summed E-state index contributed by atoms with van der Waals surface area (Å²) in [6.45, 7) is 0. The van der Waals surface area contributed by atoms with Crippen LogP contribution in [0.1, 0.15) is 15.9 Å². The Bertz CT molecular complexity index is 630. The van der Waals surface area contributed by atoms with Crippen molar-refractivity contribution >= 4 is 45.7 Å². The van der Waals surface area contributed by atoms with Crippen LogP contribution in [0.5, 0.6) is 0 Å². The minimum absolute atomic E-state index is 0.207. The van der Waals surface area contributed by atoms with E-state index in [-0.39, 0.29) is 11.6 Å². The van der Waals surface area contributed by atoms with Gasteiger partial charge in [-0.15, -0.1) is 0 Å². The number of hydrogen-bond donors (Lipinski definition) is 1. The van der Waals surface area contributed by atoms with Gasteiger partial charge in [-0.1, -0.05) is 11.6 Å². The molecule has 2 aromatic carbocycles. The predicted molar refractivity (Wildman–Crippen MR) is 78.4 cm³/mol. The van der Waals surface area contributed by atoms with E-state index in [0.717, 1.165) is 0 Å². The molecule has 18 heavy (non-hydrogen) atoms. The molecule has 0 aliphatic carbocycles. The van der Waals surface area contributed by atoms with E-state index in [1.807, 2.05) is 22.6 Å². The van der Waals surface area contributed by atoms with Gasteiger partial charge in [0.1, 0.15) is 5.82 Å². The predicted octanol–water partition coefficient (Wildman–Crippen LogP) is 3.90. The molecule has 0 unspecified atom stereocenters. The molecule has 2 nitrogen and oxygen atoms in total. The number of rotatable bonds is 2. The summed E-state index contributed by atoms with van der Waals surface area (Å²) in [5, 5.41) is 0.331. The highest BCUT2D eigenvalue weighted by Gasteiger charge is 2.14. The van der Waals surface area contributed by atoms with Gasteiger partial charge in [-0.2, -0.15) is 0 Å². The third-order valence-electron chi connectivity index (χ3n) is 2.44. The van der Waals surface area contributed by atoms with Crippen LogP contribution in [0.15, 0.2) is 36.4 Å². The number of carbonyl (C=O) groups is 1. The van der Waals surface area contributed by atoms with Gasteiger partial charge in [0.25, 0.3) is 0 Å². The van der Waals surface area contributed by atoms with E-state index < -0.39 is 0 Å². The Labute approximate surface area is 122 Å². The Morgan fingerprint density at radius 1 is 1.22 bits per heavy atom. The van der Waals surface area contributed by atoms with Gasteiger partial charge < -0.3 is 5.73 Å². The zero-order chi connectivity index (χ0) is 13.3. The third-order valence-corrected chi connectivity index (χ3v) is 3.66. The fraction of sp³-hybridized carbons (Fsp3) is 0. The van der Waals surface area contributed by atoms with Gasteiger partial charge in [-0.3, -0.25) is 4.79 Å². The van der Waals surface area contributed by atoms with Crippen molar-refractivity contribution in [3.63, 3.8) is 0 Å². The average Bonchev–Trinajstić information content (AvgIpc) is 2.32. The number of nitrogens with two attached hydrogens (primary N) is 1. The van der Waals surface area contributed by atoms with Gasteiger partial charge in [-0.05, 0) is 59.0 Å². The van der Waals surface area contributed by atoms with E-state index in [9.17, 15) is 9.18 Å². The minimum atomic E-state index is -0.369. The molecule has 2 rings (SSSR count). The maximum absolute atomic E-state index is 13.0. The number of ketones is 1. The number of anilines is 1. The van der Waals surface area contributed by atoms with Crippen molar-refractivity contribution in [1.29, 1.82) is 0 Å². The summed E-state index contributed by atoms with van der Waals surface area (Å²) in [5.74, 6) is -0.576. The number of hydrogen-bond acceptors (Lipinski definition) is 2. The molecule has 0 fully saturated rings. The summed E-state index contributed by atoms with van der Waals surface area (Å²) in [6.07, 6.45) is 0. The molecule has 2 aromatic rings. The molecule has 0 saturated carbocycles. The maximum Gasteiger partial charge on any atom is 0.194 e. The maximum atomic E-state index is 13.0. The van der Waals surface area contributed by atoms with Crippen molar-refractivity contribution in [2.75, 3.05) is 5.73 Å². The summed E-state index contributed by atoms with van der Waals surface area (Å²) in [4.78, 5) is 12.2. The van der Waals surface area contributed by atoms with Gasteiger partial charge in [-0.25, -0.2) is 4.39 Å². The first-order chi connectivity index (χ1) is 8.49. The van der Waals surface area contributed by atoms with Crippen LogP contribution in [0.4, 0.5) is 10.1 Å². The Balaban J connectivity index is 2.44. The van der Waals surface area contributed by atoms with Crippen molar-refractivity contribution in [1.82, 2.24) is 0 Å². The minimum Gasteiger partial charge on any atom is -0.398 e. The number of halogens is 3. The van der Waals surface area contributed by atoms with Crippen LogP contribution in [-0.2, 0) is 0 Å². The first-order valence-electron chi connectivity index (χ1n) is 5.04. The van der Waals surface area contributed by atoms with E-state index in [4.69, 9.17) is 17.3 Å². The molecular formula is C13H8ClFINO. The lowest BCUT2D eigenvalue weighted by Crippen LogP contribution is -2.04. The second-order valence-corrected chi connectivity index (χ2v) is 5.26. The number of carbonyl (C=O) groups excluding carboxylic acids is 1. The van der Waals surface area contributed by atoms with Crippen LogP contribution >= 0.6 is 34.2 Å². The van der Waals surface area contributed by atoms with Crippen molar-refractivity contribution in [2.45, 2.75) is 0 Å². The van der Waals surface area contributed by atoms with E-state index in [1.54, 1.807) is 12.1 Å². The van der Waals surface area contributed by atoms with Crippen LogP contribution < -0.4 is 5.73 Å². The molecule has 92 valence electrons. The largest absolute Gasteiger partial charge is 0.398 e. The lowest BCUT2D eigenvalue weighted by atomic mass is 10.0. The van der Waals surface area contributed by atoms with Crippen molar-refractivity contribution in [3.05, 3.63) is 61.9 Å². The summed E-state index contributed by atoms with van der Waals surface area (Å²) in [7, 11) is 0. The lowest BCUT2D eigenvalue weighted by Gasteiger charge is -2.05. The molecule has 5 heteroatoms. The highest BCUT2D eigenvalue weighted by molar-refractivity contribution is 14.1. The highest BCUT2D eigenvalue weighted by Crippen LogP contribution is 2.23. The Morgan fingerprint density at radius 2 is 1.94 bits per heavy atom. The summed E-state index contributed by atoms with van der Waals surface area (Å²) in [6, 6.07) is 8.72. The molecule has 0 amide bonds. The van der Waals surface area contributed by atoms with Gasteiger partial charge in [0.05, 0.1) is 10.7 Å². The SMILES string of the molecule is Nc1ccc(C(=O)c2ccc(F)cc2I)cc1Cl. The topological polar surface area (TPSA) is 43.1 Å². The van der Waals surface area contributed by atoms with Crippen LogP contribution in [0.25, 0.3) is 0 Å². The summed E-state index contributed by atoms with van der Waals surface area (Å²) >= 11 is 7.80. The van der Waals surface area contributed by atoms with Crippen molar-refractivity contribution in [3.8, 4) is 0 Å². The summed E-state index contributed by atoms with van der Waals surface area (Å²) in [5.41, 5.74) is 6.87. The standard InChI is InChI=1S/C13H8ClFINO/c14-10-5-7(1-4-12(10)17)13(18)9-3-2-8(15)6-11(9)16/h1-6H,17H2. The van der Waals surface area contributed by atoms with Crippen molar-refractivity contribution < 1.29 is 9.18 Å². The number of nitrogen functional groups attached to an aromatic ring is 1. The Kier molecular flexibility index (Phi) is 3.87. The molecule has 0 heterocycles. The van der Waals surface area contributed by atoms with Crippen LogP contribution in [0.3, 0.4) is 0 Å². The van der Waals surface area contributed by atoms with Crippen LogP contribution in [-0.4, -0.2) is 5.78 Å². The second-order valence-electron chi connectivity index (χ2n) is 3.69. The lowest BCUT2D eigenvalue weighted by molar-refractivity contribution is 0.103. The third kappa shape index (κ3) is 2.64. The Morgan fingerprint density at radius 3 is 2.56 bits per heavy atom. The van der Waals surface area contributed by atoms with Gasteiger partial charge in [0.2, 0.25) is 0 Å². The number of benzene rings is 2. The fourth-order valence-electron chi connectivity index (χ4n) is 1.50. The second kappa shape index (κ2) is 5.24. The van der Waals surface area contributed by atoms with E-state index in [2.05, 4.69) is 0 Å². The molecule has 0 aliphatic rings. The molecule has 0 spiro atoms. The molecule has 0 aliphatic heterocycles. The van der Waals surface area contributed by atoms with Gasteiger partial charge >= 0.3 is 0 Å². The molecular weight excluding hydrogens is 368 g/mol. The van der Waals surface area contributed by atoms with Crippen molar-refractivity contribution in [2.24, 2.45) is 0 Å². The first-order valence-corrected chi connectivity index (χ1v) is 6.49. The van der Waals surface area contributed by atoms with Crippen LogP contribution in [0, 0.1) is 9.39 Å². The van der Waals surface area contributed by atoms with E-state index >= 15 is 0 Å². The fourth-order valence-corrected chi connectivity index (χ4v) is 2.40. The molecule has 2 N–H and O–H groups in total. The van der Waals surface area contributed by atoms with E-state index in [1.165, 1.54) is 24.3 Å². The van der Waals surface area contributed by atoms with Gasteiger partial charge in [0.15, 0.2) is 5.78 Å². The molecule has 0 bridgehead atoms. The molecule has 0 saturated heterocycles. The normalized spacial score (nSPS) is 10.4. The van der Waals surface area contributed by atoms with E-state index in [0.29, 0.717) is 25.4 Å². The van der Waals surface area contributed by atoms with Crippen LogP contribution in [0.2, 0.25) is 5.02 Å². The smallest absolute Gasteiger partial charge is 0.194 e. The zero-order valence-electron chi connectivity index (χ0n) is 9.08. The zero-order valence-corrected chi connectivity index (χ0v) is 12.0. The molecule has 0 radical (unpaired) electrons. The highest BCUT2D eigenvalue weighted by atomic mass is 127. The van der Waals surface area contributed by atoms with Gasteiger partial charge in [0, 0.05) is 14.7 Å². The monoisotopic (exact) mass is 375 g/mol. The molecule has 0 aromatic heterocycles.